The van der Waals surface area contributed by atoms with Crippen molar-refractivity contribution in [3.8, 4) is 0 Å². The monoisotopic (exact) mass is 467 g/mol. The summed E-state index contributed by atoms with van der Waals surface area (Å²) in [6.45, 7) is -0.279. The van der Waals surface area contributed by atoms with Crippen LogP contribution in [0.25, 0.3) is 10.9 Å². The van der Waals surface area contributed by atoms with Gasteiger partial charge in [0.05, 0.1) is 16.5 Å². The highest BCUT2D eigenvalue weighted by atomic mass is 19.4. The molecule has 6 nitrogen and oxygen atoms in total. The number of aromatic nitrogens is 2. The minimum Gasteiger partial charge on any atom is -0.325 e. The van der Waals surface area contributed by atoms with Crippen molar-refractivity contribution in [1.82, 2.24) is 9.13 Å². The van der Waals surface area contributed by atoms with Crippen LogP contribution in [0.15, 0.2) is 88.5 Å². The Morgan fingerprint density at radius 3 is 2.15 bits per heavy atom. The Kier molecular flexibility index (Phi) is 6.36. The van der Waals surface area contributed by atoms with Crippen LogP contribution < -0.4 is 16.6 Å². The summed E-state index contributed by atoms with van der Waals surface area (Å²) in [5.41, 5.74) is -0.506. The van der Waals surface area contributed by atoms with E-state index in [-0.39, 0.29) is 17.6 Å². The Balaban J connectivity index is 1.63. The summed E-state index contributed by atoms with van der Waals surface area (Å²) in [6, 6.07) is 19.9. The number of hydrogen-bond donors (Lipinski definition) is 1. The molecule has 3 aromatic carbocycles. The second-order valence-electron chi connectivity index (χ2n) is 7.70. The minimum atomic E-state index is -4.48. The zero-order valence-corrected chi connectivity index (χ0v) is 17.9. The zero-order valence-electron chi connectivity index (χ0n) is 17.9. The van der Waals surface area contributed by atoms with Gasteiger partial charge in [-0.3, -0.25) is 18.7 Å². The Hall–Kier alpha value is -4.14. The molecular formula is C25H20F3N3O3. The number of rotatable bonds is 6. The van der Waals surface area contributed by atoms with Crippen LogP contribution in [0.2, 0.25) is 0 Å². The lowest BCUT2D eigenvalue weighted by Gasteiger charge is -2.14. The lowest BCUT2D eigenvalue weighted by atomic mass is 10.1. The first kappa shape index (κ1) is 23.0. The number of fused-ring (bicyclic) bond motifs is 1. The summed E-state index contributed by atoms with van der Waals surface area (Å²) < 4.78 is 40.5. The molecule has 0 aliphatic rings. The molecule has 0 spiro atoms. The standard InChI is InChI=1S/C25H20F3N3O3/c26-25(27,28)18-10-12-19(13-11-18)29-22(32)16-31-21-9-5-4-8-20(21)23(33)30(24(31)34)15-14-17-6-2-1-3-7-17/h1-13H,14-16H2,(H,29,32). The topological polar surface area (TPSA) is 73.1 Å². The Morgan fingerprint density at radius 2 is 1.47 bits per heavy atom. The largest absolute Gasteiger partial charge is 0.416 e. The highest BCUT2D eigenvalue weighted by Crippen LogP contribution is 2.29. The number of amides is 1. The molecule has 1 amide bonds. The fraction of sp³-hybridized carbons (Fsp3) is 0.160. The van der Waals surface area contributed by atoms with E-state index in [1.807, 2.05) is 30.3 Å². The van der Waals surface area contributed by atoms with Gasteiger partial charge in [0.25, 0.3) is 5.56 Å². The van der Waals surface area contributed by atoms with Crippen LogP contribution in [0.4, 0.5) is 18.9 Å². The van der Waals surface area contributed by atoms with Gasteiger partial charge in [0, 0.05) is 12.2 Å². The maximum absolute atomic E-state index is 13.2. The van der Waals surface area contributed by atoms with E-state index in [2.05, 4.69) is 5.32 Å². The molecule has 0 saturated carbocycles. The molecule has 0 fully saturated rings. The summed E-state index contributed by atoms with van der Waals surface area (Å²) in [6.07, 6.45) is -4.03. The molecule has 174 valence electrons. The number of alkyl halides is 3. The molecule has 0 saturated heterocycles. The minimum absolute atomic E-state index is 0.132. The van der Waals surface area contributed by atoms with E-state index in [0.717, 1.165) is 34.4 Å². The summed E-state index contributed by atoms with van der Waals surface area (Å²) in [5.74, 6) is -0.611. The van der Waals surface area contributed by atoms with E-state index in [1.165, 1.54) is 4.57 Å². The smallest absolute Gasteiger partial charge is 0.325 e. The third kappa shape index (κ3) is 4.93. The number of halogens is 3. The summed E-state index contributed by atoms with van der Waals surface area (Å²) in [4.78, 5) is 38.8. The van der Waals surface area contributed by atoms with Gasteiger partial charge in [0.1, 0.15) is 6.54 Å². The van der Waals surface area contributed by atoms with Gasteiger partial charge < -0.3 is 5.32 Å². The number of aryl methyl sites for hydroxylation is 1. The predicted octanol–water partition coefficient (Wildman–Crippen LogP) is 4.06. The van der Waals surface area contributed by atoms with Crippen LogP contribution >= 0.6 is 0 Å². The van der Waals surface area contributed by atoms with Gasteiger partial charge in [-0.15, -0.1) is 0 Å². The van der Waals surface area contributed by atoms with Gasteiger partial charge >= 0.3 is 11.9 Å². The normalized spacial score (nSPS) is 11.5. The van der Waals surface area contributed by atoms with Crippen molar-refractivity contribution >= 4 is 22.5 Å². The van der Waals surface area contributed by atoms with Crippen molar-refractivity contribution < 1.29 is 18.0 Å². The average Bonchev–Trinajstić information content (AvgIpc) is 2.82. The molecule has 0 unspecified atom stereocenters. The first-order chi connectivity index (χ1) is 16.2. The van der Waals surface area contributed by atoms with Gasteiger partial charge in [0.2, 0.25) is 5.91 Å². The fourth-order valence-corrected chi connectivity index (χ4v) is 3.69. The van der Waals surface area contributed by atoms with Crippen molar-refractivity contribution in [2.75, 3.05) is 5.32 Å². The molecule has 0 aliphatic heterocycles. The summed E-state index contributed by atoms with van der Waals surface area (Å²) in [7, 11) is 0. The van der Waals surface area contributed by atoms with Gasteiger partial charge in [0.15, 0.2) is 0 Å². The zero-order chi connectivity index (χ0) is 24.3. The molecule has 9 heteroatoms. The summed E-state index contributed by atoms with van der Waals surface area (Å²) >= 11 is 0. The molecule has 0 bridgehead atoms. The van der Waals surface area contributed by atoms with Crippen LogP contribution in [0.1, 0.15) is 11.1 Å². The van der Waals surface area contributed by atoms with Crippen molar-refractivity contribution in [3.63, 3.8) is 0 Å². The Bertz CT molecular complexity index is 1440. The van der Waals surface area contributed by atoms with Gasteiger partial charge in [-0.05, 0) is 48.4 Å². The van der Waals surface area contributed by atoms with Gasteiger partial charge in [-0.25, -0.2) is 4.79 Å². The molecular weight excluding hydrogens is 447 g/mol. The molecule has 4 rings (SSSR count). The molecule has 1 heterocycles. The first-order valence-corrected chi connectivity index (χ1v) is 10.5. The number of carbonyl (C=O) groups excluding carboxylic acids is 1. The second-order valence-corrected chi connectivity index (χ2v) is 7.70. The van der Waals surface area contributed by atoms with E-state index < -0.39 is 35.4 Å². The SMILES string of the molecule is O=C(Cn1c(=O)n(CCc2ccccc2)c(=O)c2ccccc21)Nc1ccc(C(F)(F)F)cc1. The van der Waals surface area contributed by atoms with E-state index in [1.54, 1.807) is 24.3 Å². The molecule has 1 aromatic heterocycles. The number of carbonyl (C=O) groups is 1. The highest BCUT2D eigenvalue weighted by molar-refractivity contribution is 5.91. The van der Waals surface area contributed by atoms with Crippen LogP contribution in [-0.2, 0) is 30.5 Å². The molecule has 0 radical (unpaired) electrons. The van der Waals surface area contributed by atoms with E-state index >= 15 is 0 Å². The molecule has 0 aliphatic carbocycles. The molecule has 0 atom stereocenters. The number of nitrogens with one attached hydrogen (secondary N) is 1. The molecule has 4 aromatic rings. The number of anilines is 1. The molecule has 34 heavy (non-hydrogen) atoms. The maximum atomic E-state index is 13.2. The molecule has 1 N–H and O–H groups in total. The lowest BCUT2D eigenvalue weighted by Crippen LogP contribution is -2.42. The maximum Gasteiger partial charge on any atom is 0.416 e. The van der Waals surface area contributed by atoms with Gasteiger partial charge in [-0.1, -0.05) is 42.5 Å². The number of nitrogens with zero attached hydrogens (tertiary/aromatic N) is 2. The number of benzene rings is 3. The number of hydrogen-bond acceptors (Lipinski definition) is 3. The van der Waals surface area contributed by atoms with Crippen LogP contribution in [-0.4, -0.2) is 15.0 Å². The third-order valence-electron chi connectivity index (χ3n) is 5.40. The average molecular weight is 467 g/mol. The quantitative estimate of drug-likeness (QED) is 0.465. The number of para-hydroxylation sites is 1. The predicted molar refractivity (Wildman–Crippen MR) is 123 cm³/mol. The van der Waals surface area contributed by atoms with Crippen molar-refractivity contribution in [2.24, 2.45) is 0 Å². The van der Waals surface area contributed by atoms with Crippen LogP contribution in [0, 0.1) is 0 Å². The van der Waals surface area contributed by atoms with E-state index in [4.69, 9.17) is 0 Å². The lowest BCUT2D eigenvalue weighted by molar-refractivity contribution is -0.137. The highest BCUT2D eigenvalue weighted by Gasteiger charge is 2.30. The fourth-order valence-electron chi connectivity index (χ4n) is 3.69. The van der Waals surface area contributed by atoms with E-state index in [9.17, 15) is 27.6 Å². The van der Waals surface area contributed by atoms with Crippen LogP contribution in [0.3, 0.4) is 0 Å². The Morgan fingerprint density at radius 1 is 0.824 bits per heavy atom. The second kappa shape index (κ2) is 9.38. The van der Waals surface area contributed by atoms with Gasteiger partial charge in [-0.2, -0.15) is 13.2 Å². The van der Waals surface area contributed by atoms with Crippen molar-refractivity contribution in [2.45, 2.75) is 25.7 Å². The van der Waals surface area contributed by atoms with E-state index in [0.29, 0.717) is 11.9 Å². The summed E-state index contributed by atoms with van der Waals surface area (Å²) in [5, 5.41) is 2.79. The van der Waals surface area contributed by atoms with Crippen molar-refractivity contribution in [1.29, 1.82) is 0 Å². The van der Waals surface area contributed by atoms with Crippen molar-refractivity contribution in [3.05, 3.63) is 111 Å². The third-order valence-corrected chi connectivity index (χ3v) is 5.40. The van der Waals surface area contributed by atoms with Crippen LogP contribution in [0.5, 0.6) is 0 Å². The first-order valence-electron chi connectivity index (χ1n) is 10.5. The Labute approximate surface area is 191 Å².